The van der Waals surface area contributed by atoms with Gasteiger partial charge in [-0.05, 0) is 48.9 Å². The van der Waals surface area contributed by atoms with E-state index in [-0.39, 0.29) is 0 Å². The predicted octanol–water partition coefficient (Wildman–Crippen LogP) is 7.45. The molecule has 174 valence electrons. The second-order valence-corrected chi connectivity index (χ2v) is 8.90. The van der Waals surface area contributed by atoms with Gasteiger partial charge >= 0.3 is 0 Å². The van der Waals surface area contributed by atoms with Crippen LogP contribution in [0.4, 0.5) is 5.13 Å². The van der Waals surface area contributed by atoms with Gasteiger partial charge in [-0.2, -0.15) is 5.10 Å². The lowest BCUT2D eigenvalue weighted by atomic mass is 10.2. The number of nitrogens with zero attached hydrogens (tertiary/aromatic N) is 3. The number of oxazole rings is 1. The van der Waals surface area contributed by atoms with Gasteiger partial charge in [-0.1, -0.05) is 54.1 Å². The van der Waals surface area contributed by atoms with Crippen LogP contribution in [-0.2, 0) is 6.61 Å². The largest absolute Gasteiger partial charge is 0.487 e. The number of hydrazone groups is 1. The van der Waals surface area contributed by atoms with Crippen molar-refractivity contribution < 1.29 is 9.15 Å². The topological polar surface area (TPSA) is 72.5 Å². The Bertz CT molecular complexity index is 1450. The second kappa shape index (κ2) is 10.5. The highest BCUT2D eigenvalue weighted by Gasteiger charge is 2.14. The molecule has 0 radical (unpaired) electrons. The summed E-state index contributed by atoms with van der Waals surface area (Å²) in [6, 6.07) is 25.2. The third-order valence-corrected chi connectivity index (χ3v) is 6.28. The minimum atomic E-state index is 0.294. The van der Waals surface area contributed by atoms with Crippen molar-refractivity contribution in [1.82, 2.24) is 9.97 Å². The molecule has 3 aromatic carbocycles. The highest BCUT2D eigenvalue weighted by Crippen LogP contribution is 2.29. The summed E-state index contributed by atoms with van der Waals surface area (Å²) in [5.74, 6) is 1.92. The molecule has 0 aliphatic rings. The third-order valence-electron chi connectivity index (χ3n) is 5.20. The van der Waals surface area contributed by atoms with E-state index in [2.05, 4.69) is 20.5 Å². The van der Waals surface area contributed by atoms with E-state index in [1.54, 1.807) is 6.21 Å². The summed E-state index contributed by atoms with van der Waals surface area (Å²) in [4.78, 5) is 9.12. The number of thiazole rings is 1. The van der Waals surface area contributed by atoms with Gasteiger partial charge in [-0.15, -0.1) is 11.3 Å². The smallest absolute Gasteiger partial charge is 0.228 e. The minimum absolute atomic E-state index is 0.294. The molecule has 35 heavy (non-hydrogen) atoms. The molecule has 0 saturated heterocycles. The molecule has 0 spiro atoms. The molecule has 0 saturated carbocycles. The monoisotopic (exact) mass is 500 g/mol. The molecular formula is C27H21ClN4O2S. The lowest BCUT2D eigenvalue weighted by molar-refractivity contribution is 0.299. The Morgan fingerprint density at radius 2 is 1.77 bits per heavy atom. The maximum Gasteiger partial charge on any atom is 0.228 e. The van der Waals surface area contributed by atoms with E-state index in [0.717, 1.165) is 39.0 Å². The maximum absolute atomic E-state index is 6.26. The summed E-state index contributed by atoms with van der Waals surface area (Å²) >= 11 is 7.77. The Hall–Kier alpha value is -3.94. The number of hydrogen-bond acceptors (Lipinski definition) is 7. The Morgan fingerprint density at radius 3 is 2.57 bits per heavy atom. The number of hydrogen-bond donors (Lipinski definition) is 1. The zero-order chi connectivity index (χ0) is 24.0. The average Bonchev–Trinajstić information content (AvgIpc) is 3.51. The zero-order valence-electron chi connectivity index (χ0n) is 18.8. The van der Waals surface area contributed by atoms with Crippen LogP contribution in [0.2, 0.25) is 5.02 Å². The van der Waals surface area contributed by atoms with Crippen molar-refractivity contribution in [3.05, 3.63) is 106 Å². The van der Waals surface area contributed by atoms with Gasteiger partial charge in [0.05, 0.1) is 22.5 Å². The molecule has 8 heteroatoms. The average molecular weight is 501 g/mol. The van der Waals surface area contributed by atoms with Crippen LogP contribution in [0.3, 0.4) is 0 Å². The fraction of sp³-hybridized carbons (Fsp3) is 0.0741. The summed E-state index contributed by atoms with van der Waals surface area (Å²) in [7, 11) is 0. The summed E-state index contributed by atoms with van der Waals surface area (Å²) in [6.45, 7) is 2.16. The van der Waals surface area contributed by atoms with Crippen molar-refractivity contribution in [3.8, 4) is 28.5 Å². The summed E-state index contributed by atoms with van der Waals surface area (Å²) < 4.78 is 11.7. The lowest BCUT2D eigenvalue weighted by Gasteiger charge is -2.04. The second-order valence-electron chi connectivity index (χ2n) is 7.63. The molecule has 0 aliphatic carbocycles. The number of benzene rings is 3. The van der Waals surface area contributed by atoms with E-state index < -0.39 is 0 Å². The van der Waals surface area contributed by atoms with Gasteiger partial charge in [0.15, 0.2) is 0 Å². The van der Waals surface area contributed by atoms with Crippen molar-refractivity contribution in [2.75, 3.05) is 5.43 Å². The van der Waals surface area contributed by atoms with Crippen LogP contribution in [0, 0.1) is 6.92 Å². The van der Waals surface area contributed by atoms with Crippen LogP contribution >= 0.6 is 22.9 Å². The van der Waals surface area contributed by atoms with E-state index >= 15 is 0 Å². The SMILES string of the molecule is Cc1oc(-c2ccccc2Cl)nc1COc1ccc(C=NNc2nc(-c3ccccc3)cs2)cc1. The van der Waals surface area contributed by atoms with Gasteiger partial charge < -0.3 is 9.15 Å². The Balaban J connectivity index is 1.16. The van der Waals surface area contributed by atoms with Crippen molar-refractivity contribution in [1.29, 1.82) is 0 Å². The van der Waals surface area contributed by atoms with Crippen LogP contribution in [0.15, 0.2) is 93.8 Å². The predicted molar refractivity (Wildman–Crippen MR) is 141 cm³/mol. The van der Waals surface area contributed by atoms with Crippen LogP contribution < -0.4 is 10.2 Å². The minimum Gasteiger partial charge on any atom is -0.487 e. The molecule has 2 heterocycles. The molecule has 1 N–H and O–H groups in total. The molecule has 0 fully saturated rings. The fourth-order valence-corrected chi connectivity index (χ4v) is 4.23. The number of aromatic nitrogens is 2. The highest BCUT2D eigenvalue weighted by atomic mass is 35.5. The molecule has 2 aromatic heterocycles. The van der Waals surface area contributed by atoms with Gasteiger partial charge in [-0.3, -0.25) is 5.43 Å². The van der Waals surface area contributed by atoms with E-state index in [0.29, 0.717) is 23.3 Å². The van der Waals surface area contributed by atoms with E-state index in [4.69, 9.17) is 20.8 Å². The number of rotatable bonds is 8. The molecule has 5 rings (SSSR count). The van der Waals surface area contributed by atoms with Gasteiger partial charge in [0.1, 0.15) is 23.8 Å². The zero-order valence-corrected chi connectivity index (χ0v) is 20.4. The number of halogens is 1. The van der Waals surface area contributed by atoms with Gasteiger partial charge in [0.25, 0.3) is 0 Å². The first-order chi connectivity index (χ1) is 17.2. The maximum atomic E-state index is 6.26. The summed E-state index contributed by atoms with van der Waals surface area (Å²) in [6.07, 6.45) is 1.74. The number of nitrogens with one attached hydrogen (secondary N) is 1. The quantitative estimate of drug-likeness (QED) is 0.177. The van der Waals surface area contributed by atoms with Gasteiger partial charge in [0, 0.05) is 10.9 Å². The van der Waals surface area contributed by atoms with Crippen LogP contribution in [0.25, 0.3) is 22.7 Å². The molecule has 0 atom stereocenters. The molecule has 0 aliphatic heterocycles. The van der Waals surface area contributed by atoms with Crippen molar-refractivity contribution in [2.24, 2.45) is 5.10 Å². The lowest BCUT2D eigenvalue weighted by Crippen LogP contribution is -1.98. The standard InChI is InChI=1S/C27H21ClN4O2S/c1-18-24(30-26(34-18)22-9-5-6-10-23(22)28)16-33-21-13-11-19(12-14-21)15-29-32-27-31-25(17-35-27)20-7-3-2-4-8-20/h2-15,17H,16H2,1H3,(H,31,32). The number of anilines is 1. The van der Waals surface area contributed by atoms with Crippen molar-refractivity contribution in [2.45, 2.75) is 13.5 Å². The first-order valence-electron chi connectivity index (χ1n) is 10.9. The molecular weight excluding hydrogens is 480 g/mol. The molecule has 0 bridgehead atoms. The Kier molecular flexibility index (Phi) is 6.88. The normalized spacial score (nSPS) is 11.1. The van der Waals surface area contributed by atoms with Crippen LogP contribution in [-0.4, -0.2) is 16.2 Å². The Labute approximate surface area is 211 Å². The molecule has 0 amide bonds. The van der Waals surface area contributed by atoms with Crippen molar-refractivity contribution >= 4 is 34.3 Å². The summed E-state index contributed by atoms with van der Waals surface area (Å²) in [5, 5.41) is 7.63. The van der Waals surface area contributed by atoms with Crippen molar-refractivity contribution in [3.63, 3.8) is 0 Å². The molecule has 5 aromatic rings. The van der Waals surface area contributed by atoms with Gasteiger partial charge in [0.2, 0.25) is 11.0 Å². The third kappa shape index (κ3) is 5.59. The number of aryl methyl sites for hydroxylation is 1. The number of ether oxygens (including phenoxy) is 1. The fourth-order valence-electron chi connectivity index (χ4n) is 3.34. The van der Waals surface area contributed by atoms with E-state index in [1.807, 2.05) is 91.2 Å². The highest BCUT2D eigenvalue weighted by molar-refractivity contribution is 7.14. The van der Waals surface area contributed by atoms with Gasteiger partial charge in [-0.25, -0.2) is 9.97 Å². The first-order valence-corrected chi connectivity index (χ1v) is 12.2. The van der Waals surface area contributed by atoms with E-state index in [9.17, 15) is 0 Å². The first kappa shape index (κ1) is 22.8. The summed E-state index contributed by atoms with van der Waals surface area (Å²) in [5.41, 5.74) is 7.42. The van der Waals surface area contributed by atoms with Crippen LogP contribution in [0.1, 0.15) is 17.0 Å². The molecule has 0 unspecified atom stereocenters. The van der Waals surface area contributed by atoms with Crippen LogP contribution in [0.5, 0.6) is 5.75 Å². The molecule has 6 nitrogen and oxygen atoms in total. The van der Waals surface area contributed by atoms with E-state index in [1.165, 1.54) is 11.3 Å². The Morgan fingerprint density at radius 1 is 1.00 bits per heavy atom.